The zero-order valence-corrected chi connectivity index (χ0v) is 10.7. The van der Waals surface area contributed by atoms with Crippen LogP contribution in [0.15, 0.2) is 24.3 Å². The Hall–Kier alpha value is -0.740. The van der Waals surface area contributed by atoms with Gasteiger partial charge in [-0.3, -0.25) is 0 Å². The minimum absolute atomic E-state index is 0.349. The van der Waals surface area contributed by atoms with Gasteiger partial charge in [0, 0.05) is 0 Å². The average Bonchev–Trinajstić information content (AvgIpc) is 2.90. The molecule has 0 aromatic rings. The van der Waals surface area contributed by atoms with Gasteiger partial charge < -0.3 is 0 Å². The zero-order chi connectivity index (χ0) is 11.5. The second-order valence-corrected chi connectivity index (χ2v) is 7.01. The monoisotopic (exact) mass is 232 g/mol. The number of terminal acetylenes is 1. The van der Waals surface area contributed by atoms with E-state index in [1.54, 1.807) is 0 Å². The first-order valence-corrected chi connectivity index (χ1v) is 7.65. The molecule has 0 amide bonds. The molecule has 0 spiro atoms. The molecule has 1 atom stereocenters. The summed E-state index contributed by atoms with van der Waals surface area (Å²) in [6.45, 7) is 8.34. The van der Waals surface area contributed by atoms with Gasteiger partial charge >= 0.3 is 0 Å². The van der Waals surface area contributed by atoms with Crippen LogP contribution in [0.5, 0.6) is 0 Å². The first-order chi connectivity index (χ1) is 7.72. The Bertz CT molecular complexity index is 384. The van der Waals surface area contributed by atoms with E-state index in [0.717, 1.165) is 12.8 Å². The Balaban J connectivity index is 2.16. The van der Waals surface area contributed by atoms with Crippen LogP contribution in [0.25, 0.3) is 0 Å². The zero-order valence-electron chi connectivity index (χ0n) is 9.93. The first-order valence-electron chi connectivity index (χ1n) is 6.09. The third-order valence-corrected chi connectivity index (χ3v) is 6.14. The van der Waals surface area contributed by atoms with Gasteiger partial charge in [-0.2, -0.15) is 10.5 Å². The lowest BCUT2D eigenvalue weighted by Gasteiger charge is -2.15. The highest BCUT2D eigenvalue weighted by Gasteiger charge is 2.24. The minimum atomic E-state index is 0.349. The summed E-state index contributed by atoms with van der Waals surface area (Å²) < 4.78 is 0. The molecule has 2 rings (SSSR count). The molecule has 0 nitrogen and oxygen atoms in total. The van der Waals surface area contributed by atoms with E-state index >= 15 is 0 Å². The lowest BCUT2D eigenvalue weighted by atomic mass is 9.96. The molecule has 86 valence electrons. The molecule has 1 aliphatic heterocycles. The number of hydrogen-bond donors (Lipinski definition) is 0. The Morgan fingerprint density at radius 3 is 2.56 bits per heavy atom. The third-order valence-electron chi connectivity index (χ3n) is 3.62. The quantitative estimate of drug-likeness (QED) is 0.294. The Morgan fingerprint density at radius 2 is 2.06 bits per heavy atom. The van der Waals surface area contributed by atoms with E-state index in [0.29, 0.717) is 16.4 Å². The predicted octanol–water partition coefficient (Wildman–Crippen LogP) is 3.77. The van der Waals surface area contributed by atoms with Crippen molar-refractivity contribution < 1.29 is 0 Å². The van der Waals surface area contributed by atoms with Crippen molar-refractivity contribution in [1.29, 1.82) is 0 Å². The van der Waals surface area contributed by atoms with Crippen molar-refractivity contribution in [3.05, 3.63) is 24.3 Å². The first kappa shape index (κ1) is 11.7. The highest BCUT2D eigenvalue weighted by Crippen LogP contribution is 2.37. The molecule has 0 N–H and O–H groups in total. The summed E-state index contributed by atoms with van der Waals surface area (Å²) in [5.74, 6) is 6.12. The van der Waals surface area contributed by atoms with Crippen LogP contribution >= 0.6 is 10.5 Å². The highest BCUT2D eigenvalue weighted by atomic mass is 32.2. The van der Waals surface area contributed by atoms with Crippen LogP contribution in [0.1, 0.15) is 32.1 Å². The molecule has 1 heterocycles. The summed E-state index contributed by atoms with van der Waals surface area (Å²) >= 11 is 0. The SMILES string of the molecule is C#CC(C(=C)C1CCC(=C)C1)=S1CCCC1. The van der Waals surface area contributed by atoms with Gasteiger partial charge in [0.05, 0.1) is 4.86 Å². The van der Waals surface area contributed by atoms with E-state index in [2.05, 4.69) is 19.1 Å². The van der Waals surface area contributed by atoms with Crippen molar-refractivity contribution >= 4 is 15.3 Å². The van der Waals surface area contributed by atoms with Crippen molar-refractivity contribution in [3.8, 4) is 12.3 Å². The molecule has 1 saturated heterocycles. The van der Waals surface area contributed by atoms with E-state index in [1.807, 2.05) is 0 Å². The van der Waals surface area contributed by atoms with Crippen LogP contribution < -0.4 is 0 Å². The topological polar surface area (TPSA) is 0 Å². The molecule has 1 heteroatoms. The second-order valence-electron chi connectivity index (χ2n) is 4.80. The molecule has 2 fully saturated rings. The summed E-state index contributed by atoms with van der Waals surface area (Å²) in [6.07, 6.45) is 11.9. The van der Waals surface area contributed by atoms with Crippen LogP contribution in [0.2, 0.25) is 0 Å². The summed E-state index contributed by atoms with van der Waals surface area (Å²) in [4.78, 5) is 1.25. The largest absolute Gasteiger partial charge is 0.170 e. The molecular weight excluding hydrogens is 212 g/mol. The Labute approximate surface area is 102 Å². The second kappa shape index (κ2) is 5.06. The summed E-state index contributed by atoms with van der Waals surface area (Å²) in [6, 6.07) is 0. The van der Waals surface area contributed by atoms with Crippen molar-refractivity contribution in [3.63, 3.8) is 0 Å². The van der Waals surface area contributed by atoms with Crippen LogP contribution in [0.4, 0.5) is 0 Å². The Morgan fingerprint density at radius 1 is 1.38 bits per heavy atom. The molecule has 0 radical (unpaired) electrons. The number of allylic oxidation sites excluding steroid dienone is 2. The maximum Gasteiger partial charge on any atom is 0.0508 e. The van der Waals surface area contributed by atoms with E-state index in [1.165, 1.54) is 46.8 Å². The molecule has 2 aliphatic rings. The van der Waals surface area contributed by atoms with E-state index in [9.17, 15) is 0 Å². The van der Waals surface area contributed by atoms with Gasteiger partial charge in [0.15, 0.2) is 0 Å². The van der Waals surface area contributed by atoms with Gasteiger partial charge in [-0.1, -0.05) is 24.7 Å². The smallest absolute Gasteiger partial charge is 0.0508 e. The van der Waals surface area contributed by atoms with Crippen LogP contribution in [-0.2, 0) is 0 Å². The molecular formula is C15H20S. The highest BCUT2D eigenvalue weighted by molar-refractivity contribution is 8.16. The van der Waals surface area contributed by atoms with Crippen LogP contribution in [-0.4, -0.2) is 16.4 Å². The third kappa shape index (κ3) is 2.33. The lowest BCUT2D eigenvalue weighted by Crippen LogP contribution is -2.09. The number of rotatable bonds is 2. The molecule has 0 aromatic heterocycles. The van der Waals surface area contributed by atoms with Crippen molar-refractivity contribution in [2.24, 2.45) is 5.92 Å². The number of hydrogen-bond acceptors (Lipinski definition) is 0. The predicted molar refractivity (Wildman–Crippen MR) is 76.0 cm³/mol. The van der Waals surface area contributed by atoms with Crippen LogP contribution in [0, 0.1) is 18.3 Å². The maximum absolute atomic E-state index is 5.69. The Kier molecular flexibility index (Phi) is 3.71. The lowest BCUT2D eigenvalue weighted by molar-refractivity contribution is 0.678. The van der Waals surface area contributed by atoms with Gasteiger partial charge in [0.25, 0.3) is 0 Å². The summed E-state index contributed by atoms with van der Waals surface area (Å²) in [7, 11) is 0.349. The van der Waals surface area contributed by atoms with Crippen molar-refractivity contribution in [2.75, 3.05) is 11.5 Å². The van der Waals surface area contributed by atoms with E-state index < -0.39 is 0 Å². The minimum Gasteiger partial charge on any atom is -0.170 e. The van der Waals surface area contributed by atoms with Gasteiger partial charge in [-0.25, -0.2) is 0 Å². The van der Waals surface area contributed by atoms with E-state index in [4.69, 9.17) is 6.42 Å². The molecule has 1 aliphatic carbocycles. The van der Waals surface area contributed by atoms with E-state index in [-0.39, 0.29) is 0 Å². The molecule has 16 heavy (non-hydrogen) atoms. The van der Waals surface area contributed by atoms with Gasteiger partial charge in [-0.15, -0.1) is 6.42 Å². The van der Waals surface area contributed by atoms with Gasteiger partial charge in [0.2, 0.25) is 0 Å². The summed E-state index contributed by atoms with van der Waals surface area (Å²) in [5, 5.41) is 0. The molecule has 0 bridgehead atoms. The fraction of sp³-hybridized carbons (Fsp3) is 0.533. The fourth-order valence-electron chi connectivity index (χ4n) is 2.63. The average molecular weight is 232 g/mol. The fourth-order valence-corrected chi connectivity index (χ4v) is 5.06. The van der Waals surface area contributed by atoms with Crippen molar-refractivity contribution in [2.45, 2.75) is 32.1 Å². The van der Waals surface area contributed by atoms with Crippen LogP contribution in [0.3, 0.4) is 0 Å². The standard InChI is InChI=1S/C15H20S/c1-4-15(16-9-5-6-10-16)13(3)14-8-7-12(2)11-14/h1,14H,2-3,5-11H2. The molecule has 1 saturated carbocycles. The maximum atomic E-state index is 5.69. The van der Waals surface area contributed by atoms with Gasteiger partial charge in [0.1, 0.15) is 0 Å². The normalized spacial score (nSPS) is 25.7. The molecule has 0 aromatic carbocycles. The molecule has 1 unspecified atom stereocenters. The van der Waals surface area contributed by atoms with Crippen molar-refractivity contribution in [1.82, 2.24) is 0 Å². The van der Waals surface area contributed by atoms with Gasteiger partial charge in [-0.05, 0) is 55.1 Å². The summed E-state index contributed by atoms with van der Waals surface area (Å²) in [5.41, 5.74) is 2.63.